The van der Waals surface area contributed by atoms with E-state index >= 15 is 0 Å². The van der Waals surface area contributed by atoms with Crippen molar-refractivity contribution in [3.8, 4) is 11.5 Å². The molecule has 4 rings (SSSR count). The summed E-state index contributed by atoms with van der Waals surface area (Å²) in [6.45, 7) is 5.51. The minimum atomic E-state index is 0.0317. The molecule has 1 aliphatic heterocycles. The van der Waals surface area contributed by atoms with Crippen LogP contribution in [0.25, 0.3) is 11.0 Å². The van der Waals surface area contributed by atoms with E-state index in [4.69, 9.17) is 9.47 Å². The summed E-state index contributed by atoms with van der Waals surface area (Å²) in [5, 5.41) is 0.817. The summed E-state index contributed by atoms with van der Waals surface area (Å²) in [4.78, 5) is 17.3. The topological polar surface area (TPSA) is 53.4 Å². The number of thioether (sulfide) groups is 1. The summed E-state index contributed by atoms with van der Waals surface area (Å²) in [5.74, 6) is 1.66. The van der Waals surface area contributed by atoms with Crippen LogP contribution in [0.3, 0.4) is 0 Å². The number of ether oxygens (including phenoxy) is 2. The number of imidazole rings is 1. The summed E-state index contributed by atoms with van der Waals surface area (Å²) < 4.78 is 13.1. The average molecular weight is 366 g/mol. The fraction of sp³-hybridized carbons (Fsp3) is 0.200. The van der Waals surface area contributed by atoms with Gasteiger partial charge >= 0.3 is 0 Å². The normalized spacial score (nSPS) is 12.9. The number of allylic oxidation sites excluding steroid dienone is 1. The molecular formula is C20H18N2O3S. The Morgan fingerprint density at radius 2 is 2.00 bits per heavy atom. The number of benzene rings is 2. The zero-order chi connectivity index (χ0) is 17.9. The van der Waals surface area contributed by atoms with E-state index < -0.39 is 0 Å². The van der Waals surface area contributed by atoms with Crippen LogP contribution < -0.4 is 9.47 Å². The van der Waals surface area contributed by atoms with Gasteiger partial charge in [0.15, 0.2) is 22.4 Å². The van der Waals surface area contributed by atoms with Gasteiger partial charge < -0.3 is 14.0 Å². The quantitative estimate of drug-likeness (QED) is 0.375. The maximum Gasteiger partial charge on any atom is 0.173 e. The zero-order valence-electron chi connectivity index (χ0n) is 14.2. The van der Waals surface area contributed by atoms with Crippen LogP contribution in [0.4, 0.5) is 0 Å². The standard InChI is InChI=1S/C20H18N2O3S/c1-2-9-22-16-6-4-3-5-15(16)21-20(22)26-13-17(23)14-7-8-18-19(12-14)25-11-10-24-18/h2-8,12H,1,9-11,13H2. The Hall–Kier alpha value is -2.73. The molecule has 0 spiro atoms. The lowest BCUT2D eigenvalue weighted by Gasteiger charge is -2.18. The SMILES string of the molecule is C=CCn1c(SCC(=O)c2ccc3c(c2)OCCO3)nc2ccccc21. The number of para-hydroxylation sites is 2. The van der Waals surface area contributed by atoms with Crippen molar-refractivity contribution in [2.24, 2.45) is 0 Å². The fourth-order valence-electron chi connectivity index (χ4n) is 2.90. The van der Waals surface area contributed by atoms with Crippen LogP contribution in [0.1, 0.15) is 10.4 Å². The largest absolute Gasteiger partial charge is 0.486 e. The Bertz CT molecular complexity index is 980. The van der Waals surface area contributed by atoms with E-state index in [1.165, 1.54) is 11.8 Å². The molecule has 0 saturated heterocycles. The van der Waals surface area contributed by atoms with Crippen molar-refractivity contribution in [2.45, 2.75) is 11.7 Å². The lowest BCUT2D eigenvalue weighted by molar-refractivity contribution is 0.102. The van der Waals surface area contributed by atoms with Crippen molar-refractivity contribution in [2.75, 3.05) is 19.0 Å². The van der Waals surface area contributed by atoms with Gasteiger partial charge in [0.25, 0.3) is 0 Å². The van der Waals surface area contributed by atoms with Crippen LogP contribution in [0.15, 0.2) is 60.3 Å². The van der Waals surface area contributed by atoms with Crippen molar-refractivity contribution in [1.29, 1.82) is 0 Å². The van der Waals surface area contributed by atoms with E-state index in [-0.39, 0.29) is 5.78 Å². The number of fused-ring (bicyclic) bond motifs is 2. The second-order valence-electron chi connectivity index (χ2n) is 5.85. The van der Waals surface area contributed by atoms with Crippen LogP contribution >= 0.6 is 11.8 Å². The molecule has 0 saturated carbocycles. The zero-order valence-corrected chi connectivity index (χ0v) is 15.0. The minimum absolute atomic E-state index is 0.0317. The Balaban J connectivity index is 1.53. The molecule has 6 heteroatoms. The molecule has 2 aromatic carbocycles. The van der Waals surface area contributed by atoms with Gasteiger partial charge in [-0.1, -0.05) is 30.0 Å². The van der Waals surface area contributed by atoms with E-state index in [0.29, 0.717) is 42.6 Å². The third kappa shape index (κ3) is 3.20. The number of aromatic nitrogens is 2. The Kier molecular flexibility index (Phi) is 4.67. The van der Waals surface area contributed by atoms with Crippen LogP contribution in [0.5, 0.6) is 11.5 Å². The molecule has 132 valence electrons. The maximum absolute atomic E-state index is 12.6. The molecule has 0 N–H and O–H groups in total. The molecule has 0 fully saturated rings. The van der Waals surface area contributed by atoms with Crippen molar-refractivity contribution in [1.82, 2.24) is 9.55 Å². The van der Waals surface area contributed by atoms with E-state index in [0.717, 1.165) is 16.2 Å². The number of hydrogen-bond donors (Lipinski definition) is 0. The van der Waals surface area contributed by atoms with E-state index in [2.05, 4.69) is 16.1 Å². The molecule has 3 aromatic rings. The maximum atomic E-state index is 12.6. The van der Waals surface area contributed by atoms with Gasteiger partial charge in [-0.2, -0.15) is 0 Å². The Labute approximate surface area is 155 Å². The Morgan fingerprint density at radius 1 is 1.19 bits per heavy atom. The third-order valence-corrected chi connectivity index (χ3v) is 5.10. The number of ketones is 1. The molecule has 0 atom stereocenters. The van der Waals surface area contributed by atoms with Gasteiger partial charge in [-0.05, 0) is 30.3 Å². The van der Waals surface area contributed by atoms with Gasteiger partial charge in [0.1, 0.15) is 13.2 Å². The molecule has 0 unspecified atom stereocenters. The second-order valence-corrected chi connectivity index (χ2v) is 6.80. The molecule has 1 aromatic heterocycles. The smallest absolute Gasteiger partial charge is 0.173 e. The first-order chi connectivity index (χ1) is 12.8. The van der Waals surface area contributed by atoms with E-state index in [9.17, 15) is 4.79 Å². The highest BCUT2D eigenvalue weighted by molar-refractivity contribution is 7.99. The first-order valence-electron chi connectivity index (χ1n) is 8.38. The predicted octanol–water partition coefficient (Wildman–Crippen LogP) is 3.97. The third-order valence-electron chi connectivity index (χ3n) is 4.13. The van der Waals surface area contributed by atoms with Crippen molar-refractivity contribution >= 4 is 28.6 Å². The first-order valence-corrected chi connectivity index (χ1v) is 9.36. The van der Waals surface area contributed by atoms with Crippen LogP contribution in [0, 0.1) is 0 Å². The summed E-state index contributed by atoms with van der Waals surface area (Å²) in [5.41, 5.74) is 2.58. The fourth-order valence-corrected chi connectivity index (χ4v) is 3.82. The molecule has 0 bridgehead atoms. The number of rotatable bonds is 6. The van der Waals surface area contributed by atoms with Crippen LogP contribution in [-0.2, 0) is 6.54 Å². The molecule has 0 radical (unpaired) electrons. The van der Waals surface area contributed by atoms with Gasteiger partial charge in [-0.15, -0.1) is 6.58 Å². The van der Waals surface area contributed by atoms with E-state index in [1.54, 1.807) is 18.2 Å². The average Bonchev–Trinajstić information content (AvgIpc) is 3.04. The molecule has 2 heterocycles. The van der Waals surface area contributed by atoms with Gasteiger partial charge in [0.05, 0.1) is 16.8 Å². The summed E-state index contributed by atoms with van der Waals surface area (Å²) in [7, 11) is 0. The molecule has 5 nitrogen and oxygen atoms in total. The molecule has 1 aliphatic rings. The molecule has 0 amide bonds. The lowest BCUT2D eigenvalue weighted by atomic mass is 10.1. The summed E-state index contributed by atoms with van der Waals surface area (Å²) in [6, 6.07) is 13.3. The number of carbonyl (C=O) groups is 1. The minimum Gasteiger partial charge on any atom is -0.486 e. The molecular weight excluding hydrogens is 348 g/mol. The highest BCUT2D eigenvalue weighted by atomic mass is 32.2. The second kappa shape index (κ2) is 7.25. The Morgan fingerprint density at radius 3 is 2.85 bits per heavy atom. The molecule has 0 aliphatic carbocycles. The predicted molar refractivity (Wildman–Crippen MR) is 102 cm³/mol. The first kappa shape index (κ1) is 16.7. The highest BCUT2D eigenvalue weighted by Crippen LogP contribution is 2.31. The van der Waals surface area contributed by atoms with Crippen molar-refractivity contribution in [3.63, 3.8) is 0 Å². The van der Waals surface area contributed by atoms with Gasteiger partial charge in [0.2, 0.25) is 0 Å². The number of hydrogen-bond acceptors (Lipinski definition) is 5. The van der Waals surface area contributed by atoms with Crippen molar-refractivity contribution < 1.29 is 14.3 Å². The summed E-state index contributed by atoms with van der Waals surface area (Å²) >= 11 is 1.44. The van der Waals surface area contributed by atoms with Gasteiger partial charge in [-0.3, -0.25) is 4.79 Å². The monoisotopic (exact) mass is 366 g/mol. The van der Waals surface area contributed by atoms with Gasteiger partial charge in [-0.25, -0.2) is 4.98 Å². The van der Waals surface area contributed by atoms with Crippen molar-refractivity contribution in [3.05, 3.63) is 60.7 Å². The highest BCUT2D eigenvalue weighted by Gasteiger charge is 2.17. The van der Waals surface area contributed by atoms with Gasteiger partial charge in [0, 0.05) is 12.1 Å². The van der Waals surface area contributed by atoms with E-state index in [1.807, 2.05) is 30.3 Å². The summed E-state index contributed by atoms with van der Waals surface area (Å²) in [6.07, 6.45) is 1.83. The number of carbonyl (C=O) groups excluding carboxylic acids is 1. The van der Waals surface area contributed by atoms with Crippen LogP contribution in [-0.4, -0.2) is 34.3 Å². The number of nitrogens with zero attached hydrogens (tertiary/aromatic N) is 2. The van der Waals surface area contributed by atoms with Crippen LogP contribution in [0.2, 0.25) is 0 Å². The molecule has 26 heavy (non-hydrogen) atoms. The lowest BCUT2D eigenvalue weighted by Crippen LogP contribution is -2.16. The number of Topliss-reactive ketones (excluding diaryl/α,β-unsaturated/α-hetero) is 1.